The number of methoxy groups -OCH3 is 1. The van der Waals surface area contributed by atoms with Crippen molar-refractivity contribution in [1.29, 1.82) is 0 Å². The summed E-state index contributed by atoms with van der Waals surface area (Å²) in [5.74, 6) is 0.404. The summed E-state index contributed by atoms with van der Waals surface area (Å²) in [7, 11) is 1.39. The Morgan fingerprint density at radius 2 is 2.33 bits per heavy atom. The van der Waals surface area contributed by atoms with E-state index in [-0.39, 0.29) is 12.0 Å². The normalized spacial score (nSPS) is 19.0. The Morgan fingerprint density at radius 1 is 1.50 bits per heavy atom. The van der Waals surface area contributed by atoms with Gasteiger partial charge in [0.05, 0.1) is 12.2 Å². The summed E-state index contributed by atoms with van der Waals surface area (Å²) in [6.07, 6.45) is 3.96. The van der Waals surface area contributed by atoms with Crippen LogP contribution in [0.2, 0.25) is 0 Å². The molecule has 4 heteroatoms. The van der Waals surface area contributed by atoms with E-state index in [9.17, 15) is 4.79 Å². The molecular weight excluding hydrogens is 246 g/mol. The molecule has 0 spiro atoms. The third kappa shape index (κ3) is 3.23. The Hall–Kier alpha value is -1.55. The van der Waals surface area contributed by atoms with E-state index in [2.05, 4.69) is 28.8 Å². The average Bonchev–Trinajstić information content (AvgIpc) is 2.84. The molecule has 0 saturated carbocycles. The number of nitrogens with zero attached hydrogens (tertiary/aromatic N) is 1. The molecule has 0 fully saturated rings. The molecule has 0 radical (unpaired) electrons. The maximum Gasteiger partial charge on any atom is 0.331 e. The molecule has 0 N–H and O–H groups in total. The first-order valence-corrected chi connectivity index (χ1v) is 6.71. The second-order valence-corrected chi connectivity index (χ2v) is 5.11. The van der Waals surface area contributed by atoms with Crippen molar-refractivity contribution in [1.82, 2.24) is 0 Å². The number of thioether (sulfide) groups is 1. The van der Waals surface area contributed by atoms with Crippen LogP contribution in [-0.2, 0) is 9.53 Å². The zero-order valence-corrected chi connectivity index (χ0v) is 11.2. The number of ether oxygens (including phenoxy) is 1. The van der Waals surface area contributed by atoms with E-state index < -0.39 is 0 Å². The largest absolute Gasteiger partial charge is 0.467 e. The molecule has 1 heterocycles. The summed E-state index contributed by atoms with van der Waals surface area (Å²) in [5.41, 5.74) is 2.37. The van der Waals surface area contributed by atoms with Gasteiger partial charge in [0.15, 0.2) is 6.04 Å². The molecule has 0 amide bonds. The van der Waals surface area contributed by atoms with E-state index in [1.807, 2.05) is 24.3 Å². The number of hydrogen-bond donors (Lipinski definition) is 0. The minimum atomic E-state index is -0.350. The average molecular weight is 261 g/mol. The Kier molecular flexibility index (Phi) is 4.20. The number of esters is 1. The van der Waals surface area contributed by atoms with E-state index >= 15 is 0 Å². The third-order valence-corrected chi connectivity index (χ3v) is 3.63. The summed E-state index contributed by atoms with van der Waals surface area (Å²) in [4.78, 5) is 15.6. The standard InChI is InChI=1S/C14H15NO2S/c1-10-4-3-5-11(8-10)6-7-13-15-12(9-18-13)14(16)17-2/h3-8,12H,9H2,1-2H3/b7-6+/t12-/m1/s1. The van der Waals surface area contributed by atoms with Crippen molar-refractivity contribution in [3.05, 3.63) is 41.5 Å². The van der Waals surface area contributed by atoms with Crippen molar-refractivity contribution >= 4 is 28.9 Å². The van der Waals surface area contributed by atoms with Crippen LogP contribution >= 0.6 is 11.8 Å². The van der Waals surface area contributed by atoms with Crippen molar-refractivity contribution in [2.24, 2.45) is 4.99 Å². The fourth-order valence-electron chi connectivity index (χ4n) is 1.68. The van der Waals surface area contributed by atoms with Crippen LogP contribution in [0.15, 0.2) is 35.3 Å². The van der Waals surface area contributed by atoms with Gasteiger partial charge in [-0.15, -0.1) is 11.8 Å². The predicted molar refractivity (Wildman–Crippen MR) is 75.9 cm³/mol. The van der Waals surface area contributed by atoms with Gasteiger partial charge in [0.2, 0.25) is 0 Å². The molecule has 0 aliphatic carbocycles. The predicted octanol–water partition coefficient (Wildman–Crippen LogP) is 2.70. The Bertz CT molecular complexity index is 508. The Balaban J connectivity index is 2.04. The van der Waals surface area contributed by atoms with Crippen LogP contribution in [0, 0.1) is 6.92 Å². The lowest BCUT2D eigenvalue weighted by Gasteiger charge is -2.00. The number of carbonyl (C=O) groups excluding carboxylic acids is 1. The zero-order valence-electron chi connectivity index (χ0n) is 10.4. The number of rotatable bonds is 3. The molecule has 18 heavy (non-hydrogen) atoms. The van der Waals surface area contributed by atoms with Crippen LogP contribution in [0.3, 0.4) is 0 Å². The van der Waals surface area contributed by atoms with Crippen LogP contribution in [0.1, 0.15) is 11.1 Å². The molecule has 94 valence electrons. The molecule has 0 bridgehead atoms. The van der Waals surface area contributed by atoms with Crippen molar-refractivity contribution in [3.63, 3.8) is 0 Å². The number of hydrogen-bond acceptors (Lipinski definition) is 4. The molecule has 3 nitrogen and oxygen atoms in total. The van der Waals surface area contributed by atoms with Crippen LogP contribution < -0.4 is 0 Å². The fraction of sp³-hybridized carbons (Fsp3) is 0.286. The van der Waals surface area contributed by atoms with Crippen LogP contribution in [0.4, 0.5) is 0 Å². The van der Waals surface area contributed by atoms with Gasteiger partial charge in [-0.2, -0.15) is 0 Å². The molecule has 0 saturated heterocycles. The van der Waals surface area contributed by atoms with Gasteiger partial charge in [-0.25, -0.2) is 4.79 Å². The Labute approximate surface area is 111 Å². The highest BCUT2D eigenvalue weighted by atomic mass is 32.2. The number of carbonyl (C=O) groups is 1. The third-order valence-electron chi connectivity index (χ3n) is 2.61. The fourth-order valence-corrected chi connectivity index (χ4v) is 2.59. The van der Waals surface area contributed by atoms with Crippen LogP contribution in [0.5, 0.6) is 0 Å². The van der Waals surface area contributed by atoms with Gasteiger partial charge in [0.25, 0.3) is 0 Å². The van der Waals surface area contributed by atoms with Crippen molar-refractivity contribution in [3.8, 4) is 0 Å². The number of benzene rings is 1. The monoisotopic (exact) mass is 261 g/mol. The SMILES string of the molecule is COC(=O)[C@H]1CSC(/C=C/c2cccc(C)c2)=N1. The first-order valence-electron chi connectivity index (χ1n) is 5.72. The van der Waals surface area contributed by atoms with E-state index in [4.69, 9.17) is 0 Å². The molecule has 1 atom stereocenters. The van der Waals surface area contributed by atoms with Crippen LogP contribution in [0.25, 0.3) is 6.08 Å². The molecule has 0 aromatic heterocycles. The van der Waals surface area contributed by atoms with Crippen molar-refractivity contribution in [2.45, 2.75) is 13.0 Å². The first-order chi connectivity index (χ1) is 8.69. The lowest BCUT2D eigenvalue weighted by molar-refractivity contribution is -0.141. The van der Waals surface area contributed by atoms with Gasteiger partial charge in [-0.1, -0.05) is 35.9 Å². The molecule has 2 rings (SSSR count). The van der Waals surface area contributed by atoms with Crippen LogP contribution in [-0.4, -0.2) is 29.9 Å². The smallest absolute Gasteiger partial charge is 0.331 e. The Morgan fingerprint density at radius 3 is 3.06 bits per heavy atom. The van der Waals surface area contributed by atoms with E-state index in [0.29, 0.717) is 5.75 Å². The maximum atomic E-state index is 11.3. The highest BCUT2D eigenvalue weighted by Crippen LogP contribution is 2.20. The summed E-state index contributed by atoms with van der Waals surface area (Å²) in [5, 5.41) is 0.881. The van der Waals surface area contributed by atoms with E-state index in [1.54, 1.807) is 11.8 Å². The minimum Gasteiger partial charge on any atom is -0.467 e. The van der Waals surface area contributed by atoms with Gasteiger partial charge >= 0.3 is 5.97 Å². The summed E-state index contributed by atoms with van der Waals surface area (Å²) < 4.78 is 4.68. The molecule has 1 aromatic rings. The van der Waals surface area contributed by atoms with E-state index in [1.165, 1.54) is 12.7 Å². The first kappa shape index (κ1) is 12.9. The topological polar surface area (TPSA) is 38.7 Å². The van der Waals surface area contributed by atoms with Crippen molar-refractivity contribution < 1.29 is 9.53 Å². The number of aliphatic imine (C=N–C) groups is 1. The van der Waals surface area contributed by atoms with Gasteiger partial charge in [-0.05, 0) is 18.6 Å². The van der Waals surface area contributed by atoms with Gasteiger partial charge in [0.1, 0.15) is 0 Å². The van der Waals surface area contributed by atoms with Crippen molar-refractivity contribution in [2.75, 3.05) is 12.9 Å². The van der Waals surface area contributed by atoms with Gasteiger partial charge in [-0.3, -0.25) is 4.99 Å². The second-order valence-electron chi connectivity index (χ2n) is 4.06. The quantitative estimate of drug-likeness (QED) is 0.785. The molecule has 1 aromatic carbocycles. The molecule has 0 unspecified atom stereocenters. The lowest BCUT2D eigenvalue weighted by atomic mass is 10.1. The zero-order chi connectivity index (χ0) is 13.0. The molecular formula is C14H15NO2S. The highest BCUT2D eigenvalue weighted by molar-refractivity contribution is 8.14. The minimum absolute atomic E-state index is 0.263. The van der Waals surface area contributed by atoms with Gasteiger partial charge in [0, 0.05) is 5.75 Å². The molecule has 1 aliphatic heterocycles. The highest BCUT2D eigenvalue weighted by Gasteiger charge is 2.24. The summed E-state index contributed by atoms with van der Waals surface area (Å²) in [6.45, 7) is 2.06. The number of aryl methyl sites for hydroxylation is 1. The maximum absolute atomic E-state index is 11.3. The second kappa shape index (κ2) is 5.87. The molecule has 1 aliphatic rings. The summed E-state index contributed by atoms with van der Waals surface area (Å²) in [6, 6.07) is 7.88. The lowest BCUT2D eigenvalue weighted by Crippen LogP contribution is -2.19. The summed E-state index contributed by atoms with van der Waals surface area (Å²) >= 11 is 1.58. The van der Waals surface area contributed by atoms with Gasteiger partial charge < -0.3 is 4.74 Å². The van der Waals surface area contributed by atoms with E-state index in [0.717, 1.165) is 10.6 Å².